The van der Waals surface area contributed by atoms with Crippen molar-refractivity contribution in [1.29, 1.82) is 0 Å². The van der Waals surface area contributed by atoms with E-state index in [9.17, 15) is 33.0 Å². The number of ether oxygens (including phenoxy) is 1. The normalized spacial score (nSPS) is 14.2. The number of nitrogens with one attached hydrogen (secondary N) is 1. The van der Waals surface area contributed by atoms with Gasteiger partial charge >= 0.3 is 5.97 Å². The van der Waals surface area contributed by atoms with E-state index in [-0.39, 0.29) is 11.1 Å². The zero-order chi connectivity index (χ0) is 21.5. The Labute approximate surface area is 164 Å². The first-order valence-corrected chi connectivity index (χ1v) is 9.60. The number of methoxy groups -OCH3 is 1. The number of ketones is 2. The zero-order valence-corrected chi connectivity index (χ0v) is 15.7. The minimum atomic E-state index is -4.72. The quantitative estimate of drug-likeness (QED) is 0.408. The molecule has 29 heavy (non-hydrogen) atoms. The van der Waals surface area contributed by atoms with Gasteiger partial charge in [-0.1, -0.05) is 24.3 Å². The molecule has 0 spiro atoms. The van der Waals surface area contributed by atoms with E-state index in [1.807, 2.05) is 4.72 Å². The van der Waals surface area contributed by atoms with Crippen molar-refractivity contribution in [2.45, 2.75) is 10.9 Å². The van der Waals surface area contributed by atoms with Crippen LogP contribution in [0.15, 0.2) is 35.2 Å². The van der Waals surface area contributed by atoms with E-state index in [0.717, 1.165) is 13.2 Å². The lowest BCUT2D eigenvalue weighted by Gasteiger charge is -2.21. The summed E-state index contributed by atoms with van der Waals surface area (Å²) in [7, 11) is -3.56. The number of hydrogen-bond donors (Lipinski definition) is 4. The molecule has 0 aliphatic heterocycles. The van der Waals surface area contributed by atoms with E-state index >= 15 is 0 Å². The lowest BCUT2D eigenvalue weighted by molar-refractivity contribution is -0.140. The Hall–Kier alpha value is -3.28. The van der Waals surface area contributed by atoms with Crippen LogP contribution in [-0.2, 0) is 19.6 Å². The lowest BCUT2D eigenvalue weighted by Crippen LogP contribution is -2.43. The summed E-state index contributed by atoms with van der Waals surface area (Å²) in [5.74, 6) is -5.30. The Morgan fingerprint density at radius 2 is 1.66 bits per heavy atom. The molecule has 10 nitrogen and oxygen atoms in total. The van der Waals surface area contributed by atoms with Crippen molar-refractivity contribution in [3.05, 3.63) is 52.6 Å². The number of hydrogen-bond acceptors (Lipinski definition) is 8. The van der Waals surface area contributed by atoms with Crippen LogP contribution in [0.5, 0.6) is 11.5 Å². The Bertz CT molecular complexity index is 1150. The molecule has 2 aromatic rings. The third-order valence-electron chi connectivity index (χ3n) is 4.35. The molecular weight excluding hydrogens is 406 g/mol. The summed E-state index contributed by atoms with van der Waals surface area (Å²) >= 11 is 0. The average Bonchev–Trinajstić information content (AvgIpc) is 2.67. The van der Waals surface area contributed by atoms with Gasteiger partial charge in [-0.25, -0.2) is 8.42 Å². The molecule has 0 aromatic heterocycles. The smallest absolute Gasteiger partial charge is 0.324 e. The number of aromatic hydroxyl groups is 2. The number of sulfonamides is 1. The fourth-order valence-corrected chi connectivity index (χ4v) is 4.27. The number of benzene rings is 2. The summed E-state index contributed by atoms with van der Waals surface area (Å²) in [6, 6.07) is 4.79. The van der Waals surface area contributed by atoms with Crippen LogP contribution < -0.4 is 4.72 Å². The molecule has 1 atom stereocenters. The third kappa shape index (κ3) is 3.35. The highest BCUT2D eigenvalue weighted by molar-refractivity contribution is 7.89. The molecule has 0 saturated heterocycles. The average molecular weight is 421 g/mol. The van der Waals surface area contributed by atoms with Crippen molar-refractivity contribution in [3.63, 3.8) is 0 Å². The maximum Gasteiger partial charge on any atom is 0.324 e. The number of fused-ring (bicyclic) bond motifs is 2. The second-order valence-electron chi connectivity index (χ2n) is 6.17. The largest absolute Gasteiger partial charge is 0.504 e. The Kier molecular flexibility index (Phi) is 5.13. The number of phenolic OH excluding ortho intramolecular Hbond substituents is 2. The SMILES string of the molecule is COC[C@H](NS(=O)(=O)c1cc2c(c(O)c1O)C(=O)c1ccccc1C2=O)C(=O)O. The monoisotopic (exact) mass is 421 g/mol. The van der Waals surface area contributed by atoms with E-state index < -0.39 is 67.7 Å². The van der Waals surface area contributed by atoms with Gasteiger partial charge in [0.25, 0.3) is 0 Å². The van der Waals surface area contributed by atoms with Gasteiger partial charge in [0, 0.05) is 23.8 Å². The van der Waals surface area contributed by atoms with E-state index in [0.29, 0.717) is 0 Å². The summed E-state index contributed by atoms with van der Waals surface area (Å²) in [6.45, 7) is -0.517. The first-order valence-electron chi connectivity index (χ1n) is 8.11. The molecule has 152 valence electrons. The Balaban J connectivity index is 2.17. The number of carboxylic acids is 1. The predicted molar refractivity (Wildman–Crippen MR) is 96.7 cm³/mol. The fraction of sp³-hybridized carbons (Fsp3) is 0.167. The van der Waals surface area contributed by atoms with E-state index in [1.54, 1.807) is 0 Å². The molecule has 1 aliphatic rings. The molecule has 1 aliphatic carbocycles. The van der Waals surface area contributed by atoms with Crippen LogP contribution in [-0.4, -0.2) is 61.0 Å². The first-order chi connectivity index (χ1) is 13.6. The van der Waals surface area contributed by atoms with Crippen molar-refractivity contribution in [2.24, 2.45) is 0 Å². The highest BCUT2D eigenvalue weighted by atomic mass is 32.2. The fourth-order valence-electron chi connectivity index (χ4n) is 2.98. The van der Waals surface area contributed by atoms with Crippen LogP contribution in [0.1, 0.15) is 31.8 Å². The summed E-state index contributed by atoms with van der Waals surface area (Å²) in [5.41, 5.74) is -0.950. The van der Waals surface area contributed by atoms with Gasteiger partial charge < -0.3 is 20.1 Å². The van der Waals surface area contributed by atoms with Gasteiger partial charge in [0.1, 0.15) is 10.9 Å². The van der Waals surface area contributed by atoms with E-state index in [1.165, 1.54) is 24.3 Å². The van der Waals surface area contributed by atoms with Crippen LogP contribution in [0.3, 0.4) is 0 Å². The molecule has 0 bridgehead atoms. The van der Waals surface area contributed by atoms with Crippen LogP contribution in [0.2, 0.25) is 0 Å². The van der Waals surface area contributed by atoms with Gasteiger partial charge in [-0.3, -0.25) is 14.4 Å². The summed E-state index contributed by atoms with van der Waals surface area (Å²) in [6.07, 6.45) is 0. The first kappa shape index (κ1) is 20.5. The minimum absolute atomic E-state index is 0.000493. The molecular formula is C18H15NO9S. The molecule has 0 fully saturated rings. The number of carbonyl (C=O) groups excluding carboxylic acids is 2. The van der Waals surface area contributed by atoms with Crippen molar-refractivity contribution in [2.75, 3.05) is 13.7 Å². The van der Waals surface area contributed by atoms with Crippen molar-refractivity contribution in [1.82, 2.24) is 4.72 Å². The van der Waals surface area contributed by atoms with Crippen LogP contribution in [0, 0.1) is 0 Å². The minimum Gasteiger partial charge on any atom is -0.504 e. The second-order valence-corrected chi connectivity index (χ2v) is 7.85. The molecule has 11 heteroatoms. The highest BCUT2D eigenvalue weighted by Gasteiger charge is 2.37. The Morgan fingerprint density at radius 3 is 2.21 bits per heavy atom. The maximum absolute atomic E-state index is 12.8. The lowest BCUT2D eigenvalue weighted by atomic mass is 9.83. The van der Waals surface area contributed by atoms with Gasteiger partial charge in [-0.15, -0.1) is 0 Å². The van der Waals surface area contributed by atoms with E-state index in [4.69, 9.17) is 5.11 Å². The van der Waals surface area contributed by atoms with Crippen LogP contribution in [0.25, 0.3) is 0 Å². The van der Waals surface area contributed by atoms with Crippen LogP contribution in [0.4, 0.5) is 0 Å². The summed E-state index contributed by atoms with van der Waals surface area (Å²) in [4.78, 5) is 35.7. The summed E-state index contributed by atoms with van der Waals surface area (Å²) < 4.78 is 31.7. The number of carboxylic acid groups (broad SMARTS) is 1. The Morgan fingerprint density at radius 1 is 1.07 bits per heavy atom. The number of phenols is 2. The van der Waals surface area contributed by atoms with E-state index in [2.05, 4.69) is 4.74 Å². The molecule has 4 N–H and O–H groups in total. The maximum atomic E-state index is 12.8. The second kappa shape index (κ2) is 7.28. The number of rotatable bonds is 6. The van der Waals surface area contributed by atoms with Crippen LogP contribution >= 0.6 is 0 Å². The summed E-state index contributed by atoms with van der Waals surface area (Å²) in [5, 5.41) is 29.6. The van der Waals surface area contributed by atoms with Crippen molar-refractivity contribution < 1.29 is 42.9 Å². The highest BCUT2D eigenvalue weighted by Crippen LogP contribution is 2.42. The molecule has 0 amide bonds. The molecule has 2 aromatic carbocycles. The third-order valence-corrected chi connectivity index (χ3v) is 5.83. The van der Waals surface area contributed by atoms with Gasteiger partial charge in [0.2, 0.25) is 10.0 Å². The molecule has 0 heterocycles. The van der Waals surface area contributed by atoms with Crippen molar-refractivity contribution >= 4 is 27.6 Å². The standard InChI is InChI=1S/C18H15NO9S/c1-28-7-11(18(24)25)19-29(26,27)12-6-10-13(17(23)16(12)22)15(21)9-5-3-2-4-8(9)14(10)20/h2-6,11,19,22-23H,7H2,1H3,(H,24,25)/t11-/m0/s1. The molecule has 0 saturated carbocycles. The van der Waals surface area contributed by atoms with Gasteiger partial charge in [-0.05, 0) is 6.07 Å². The van der Waals surface area contributed by atoms with Crippen molar-refractivity contribution in [3.8, 4) is 11.5 Å². The molecule has 3 rings (SSSR count). The zero-order valence-electron chi connectivity index (χ0n) is 14.9. The number of aliphatic carboxylic acids is 1. The molecule has 0 radical (unpaired) electrons. The topological polar surface area (TPSA) is 167 Å². The van der Waals surface area contributed by atoms with Gasteiger partial charge in [-0.2, -0.15) is 4.72 Å². The number of carbonyl (C=O) groups is 3. The predicted octanol–water partition coefficient (Wildman–Crippen LogP) is 0.251. The van der Waals surface area contributed by atoms with Gasteiger partial charge in [0.15, 0.2) is 23.1 Å². The van der Waals surface area contributed by atoms with Gasteiger partial charge in [0.05, 0.1) is 12.2 Å². The molecule has 0 unspecified atom stereocenters.